The van der Waals surface area contributed by atoms with Crippen LogP contribution in [0.5, 0.6) is 0 Å². The molecule has 3 aromatic rings. The van der Waals surface area contributed by atoms with Crippen molar-refractivity contribution in [1.29, 1.82) is 0 Å². The lowest BCUT2D eigenvalue weighted by Crippen LogP contribution is -2.28. The second-order valence-corrected chi connectivity index (χ2v) is 6.14. The summed E-state index contributed by atoms with van der Waals surface area (Å²) >= 11 is 1.64. The van der Waals surface area contributed by atoms with Gasteiger partial charge in [-0.05, 0) is 30.0 Å². The zero-order chi connectivity index (χ0) is 15.4. The average molecular weight is 313 g/mol. The molecule has 1 aromatic carbocycles. The fourth-order valence-corrected chi connectivity index (χ4v) is 3.16. The molecule has 0 saturated heterocycles. The number of para-hydroxylation sites is 2. The molecule has 0 atom stereocenters. The van der Waals surface area contributed by atoms with E-state index in [0.29, 0.717) is 6.54 Å². The minimum atomic E-state index is 0.0365. The van der Waals surface area contributed by atoms with Crippen LogP contribution in [-0.2, 0) is 11.3 Å². The lowest BCUT2D eigenvalue weighted by molar-refractivity contribution is -0.121. The number of aromatic nitrogens is 2. The van der Waals surface area contributed by atoms with Crippen molar-refractivity contribution in [3.05, 3.63) is 41.8 Å². The number of carbonyl (C=O) groups is 1. The van der Waals surface area contributed by atoms with E-state index in [9.17, 15) is 4.79 Å². The molecule has 0 aliphatic carbocycles. The van der Waals surface area contributed by atoms with Gasteiger partial charge in [0.25, 0.3) is 0 Å². The maximum absolute atomic E-state index is 12.2. The zero-order valence-corrected chi connectivity index (χ0v) is 13.4. The van der Waals surface area contributed by atoms with E-state index in [2.05, 4.69) is 12.2 Å². The number of unbranched alkanes of at least 4 members (excludes halogenated alkanes) is 1. The molecule has 2 aromatic heterocycles. The standard InChI is InChI=1S/C17H19N3OS/c1-2-3-10-18-16(21)12-20-14-8-5-4-7-13(14)19-17(20)15-9-6-11-22-15/h4-9,11H,2-3,10,12H2,1H3,(H,18,21). The molecule has 1 amide bonds. The Kier molecular flexibility index (Phi) is 4.53. The Balaban J connectivity index is 1.92. The predicted octanol–water partition coefficient (Wildman–Crippen LogP) is 3.68. The largest absolute Gasteiger partial charge is 0.355 e. The van der Waals surface area contributed by atoms with Crippen LogP contribution in [0.15, 0.2) is 41.8 Å². The number of benzene rings is 1. The van der Waals surface area contributed by atoms with Gasteiger partial charge < -0.3 is 9.88 Å². The van der Waals surface area contributed by atoms with Crippen LogP contribution in [0.1, 0.15) is 19.8 Å². The molecule has 0 radical (unpaired) electrons. The maximum atomic E-state index is 12.2. The van der Waals surface area contributed by atoms with Crippen LogP contribution in [0, 0.1) is 0 Å². The van der Waals surface area contributed by atoms with Gasteiger partial charge in [0, 0.05) is 6.54 Å². The highest BCUT2D eigenvalue weighted by molar-refractivity contribution is 7.13. The third kappa shape index (κ3) is 3.04. The summed E-state index contributed by atoms with van der Waals surface area (Å²) in [6.45, 7) is 3.15. The van der Waals surface area contributed by atoms with Crippen molar-refractivity contribution in [3.8, 4) is 10.7 Å². The van der Waals surface area contributed by atoms with Crippen LogP contribution in [0.3, 0.4) is 0 Å². The Bertz CT molecular complexity index is 761. The molecule has 0 bridgehead atoms. The molecular formula is C17H19N3OS. The number of amides is 1. The van der Waals surface area contributed by atoms with Crippen molar-refractivity contribution in [2.45, 2.75) is 26.3 Å². The Morgan fingerprint density at radius 3 is 2.91 bits per heavy atom. The third-order valence-corrected chi connectivity index (χ3v) is 4.42. The lowest BCUT2D eigenvalue weighted by Gasteiger charge is -2.09. The highest BCUT2D eigenvalue weighted by atomic mass is 32.1. The first-order valence-corrected chi connectivity index (χ1v) is 8.43. The van der Waals surface area contributed by atoms with E-state index in [1.165, 1.54) is 0 Å². The normalized spacial score (nSPS) is 11.0. The number of hydrogen-bond acceptors (Lipinski definition) is 3. The molecule has 5 heteroatoms. The summed E-state index contributed by atoms with van der Waals surface area (Å²) in [7, 11) is 0. The van der Waals surface area contributed by atoms with Crippen LogP contribution in [0.25, 0.3) is 21.7 Å². The Labute approximate surface area is 133 Å². The van der Waals surface area contributed by atoms with E-state index in [0.717, 1.165) is 41.1 Å². The third-order valence-electron chi connectivity index (χ3n) is 3.55. The van der Waals surface area contributed by atoms with E-state index < -0.39 is 0 Å². The summed E-state index contributed by atoms with van der Waals surface area (Å²) in [4.78, 5) is 18.0. The van der Waals surface area contributed by atoms with Gasteiger partial charge in [0.15, 0.2) is 5.82 Å². The number of rotatable bonds is 6. The maximum Gasteiger partial charge on any atom is 0.240 e. The highest BCUT2D eigenvalue weighted by Gasteiger charge is 2.15. The number of imidazole rings is 1. The van der Waals surface area contributed by atoms with E-state index in [1.54, 1.807) is 11.3 Å². The SMILES string of the molecule is CCCCNC(=O)Cn1c(-c2cccs2)nc2ccccc21. The number of thiophene rings is 1. The highest BCUT2D eigenvalue weighted by Crippen LogP contribution is 2.27. The fraction of sp³-hybridized carbons (Fsp3) is 0.294. The second kappa shape index (κ2) is 6.75. The predicted molar refractivity (Wildman–Crippen MR) is 91.0 cm³/mol. The molecule has 0 aliphatic heterocycles. The molecule has 1 N–H and O–H groups in total. The van der Waals surface area contributed by atoms with E-state index in [-0.39, 0.29) is 5.91 Å². The molecule has 0 unspecified atom stereocenters. The summed E-state index contributed by atoms with van der Waals surface area (Å²) in [5, 5.41) is 5.00. The summed E-state index contributed by atoms with van der Waals surface area (Å²) in [6.07, 6.45) is 2.09. The first-order chi connectivity index (χ1) is 10.8. The second-order valence-electron chi connectivity index (χ2n) is 5.19. The molecule has 22 heavy (non-hydrogen) atoms. The minimum Gasteiger partial charge on any atom is -0.355 e. The minimum absolute atomic E-state index is 0.0365. The van der Waals surface area contributed by atoms with Crippen molar-refractivity contribution >= 4 is 28.3 Å². The van der Waals surface area contributed by atoms with Gasteiger partial charge in [-0.25, -0.2) is 4.98 Å². The summed E-state index contributed by atoms with van der Waals surface area (Å²) in [6, 6.07) is 12.0. The molecule has 4 nitrogen and oxygen atoms in total. The number of nitrogens with one attached hydrogen (secondary N) is 1. The van der Waals surface area contributed by atoms with Crippen molar-refractivity contribution in [2.75, 3.05) is 6.54 Å². The van der Waals surface area contributed by atoms with Gasteiger partial charge in [-0.3, -0.25) is 4.79 Å². The number of hydrogen-bond donors (Lipinski definition) is 1. The van der Waals surface area contributed by atoms with Gasteiger partial charge in [0.2, 0.25) is 5.91 Å². The molecule has 0 aliphatic rings. The van der Waals surface area contributed by atoms with Crippen LogP contribution in [0.2, 0.25) is 0 Å². The molecular weight excluding hydrogens is 294 g/mol. The summed E-state index contributed by atoms with van der Waals surface area (Å²) in [5.41, 5.74) is 1.92. The first-order valence-electron chi connectivity index (χ1n) is 7.55. The number of nitrogens with zero attached hydrogens (tertiary/aromatic N) is 2. The molecule has 3 rings (SSSR count). The zero-order valence-electron chi connectivity index (χ0n) is 12.6. The van der Waals surface area contributed by atoms with Crippen LogP contribution >= 0.6 is 11.3 Å². The fourth-order valence-electron chi connectivity index (χ4n) is 2.43. The Morgan fingerprint density at radius 1 is 1.27 bits per heavy atom. The van der Waals surface area contributed by atoms with Crippen molar-refractivity contribution in [1.82, 2.24) is 14.9 Å². The Morgan fingerprint density at radius 2 is 2.14 bits per heavy atom. The van der Waals surface area contributed by atoms with Crippen LogP contribution in [-0.4, -0.2) is 22.0 Å². The van der Waals surface area contributed by atoms with Crippen LogP contribution in [0.4, 0.5) is 0 Å². The topological polar surface area (TPSA) is 46.9 Å². The van der Waals surface area contributed by atoms with Gasteiger partial charge in [-0.15, -0.1) is 11.3 Å². The lowest BCUT2D eigenvalue weighted by atomic mass is 10.3. The monoisotopic (exact) mass is 313 g/mol. The summed E-state index contributed by atoms with van der Waals surface area (Å²) < 4.78 is 2.00. The van der Waals surface area contributed by atoms with Gasteiger partial charge in [0.1, 0.15) is 6.54 Å². The number of fused-ring (bicyclic) bond motifs is 1. The molecule has 114 valence electrons. The van der Waals surface area contributed by atoms with Gasteiger partial charge >= 0.3 is 0 Å². The van der Waals surface area contributed by atoms with Crippen molar-refractivity contribution in [3.63, 3.8) is 0 Å². The Hall–Kier alpha value is -2.14. The van der Waals surface area contributed by atoms with Gasteiger partial charge in [-0.1, -0.05) is 31.5 Å². The number of carbonyl (C=O) groups excluding carboxylic acids is 1. The van der Waals surface area contributed by atoms with Gasteiger partial charge in [-0.2, -0.15) is 0 Å². The first kappa shape index (κ1) is 14.8. The van der Waals surface area contributed by atoms with E-state index >= 15 is 0 Å². The molecule has 0 spiro atoms. The van der Waals surface area contributed by atoms with E-state index in [4.69, 9.17) is 4.98 Å². The molecule has 2 heterocycles. The van der Waals surface area contributed by atoms with Gasteiger partial charge in [0.05, 0.1) is 15.9 Å². The average Bonchev–Trinajstić information content (AvgIpc) is 3.16. The van der Waals surface area contributed by atoms with E-state index in [1.807, 2.05) is 46.3 Å². The van der Waals surface area contributed by atoms with Crippen LogP contribution < -0.4 is 5.32 Å². The quantitative estimate of drug-likeness (QED) is 0.706. The summed E-state index contributed by atoms with van der Waals surface area (Å²) in [5.74, 6) is 0.899. The molecule has 0 saturated carbocycles. The smallest absolute Gasteiger partial charge is 0.240 e. The van der Waals surface area contributed by atoms with Crippen molar-refractivity contribution < 1.29 is 4.79 Å². The van der Waals surface area contributed by atoms with Crippen molar-refractivity contribution in [2.24, 2.45) is 0 Å². The molecule has 0 fully saturated rings.